The number of hydrogen-bond acceptors (Lipinski definition) is 5. The molecule has 3 aromatic rings. The minimum atomic E-state index is -0.0436. The number of nitrogens with one attached hydrogen (secondary N) is 1. The highest BCUT2D eigenvalue weighted by atomic mass is 32.2. The van der Waals surface area contributed by atoms with Gasteiger partial charge in [-0.2, -0.15) is 0 Å². The molecule has 7 heteroatoms. The lowest BCUT2D eigenvalue weighted by molar-refractivity contribution is -0.119. The van der Waals surface area contributed by atoms with Gasteiger partial charge in [0, 0.05) is 18.8 Å². The van der Waals surface area contributed by atoms with Crippen molar-refractivity contribution in [3.05, 3.63) is 48.5 Å². The van der Waals surface area contributed by atoms with Gasteiger partial charge < -0.3 is 14.8 Å². The van der Waals surface area contributed by atoms with Gasteiger partial charge in [0.25, 0.3) is 0 Å². The molecule has 0 radical (unpaired) electrons. The highest BCUT2D eigenvalue weighted by molar-refractivity contribution is 7.99. The fourth-order valence-electron chi connectivity index (χ4n) is 2.82. The number of benzene rings is 2. The molecule has 0 spiro atoms. The lowest BCUT2D eigenvalue weighted by atomic mass is 10.2. The van der Waals surface area contributed by atoms with Crippen molar-refractivity contribution >= 4 is 28.7 Å². The first kappa shape index (κ1) is 19.3. The van der Waals surface area contributed by atoms with Gasteiger partial charge in [0.15, 0.2) is 5.16 Å². The number of methoxy groups -OCH3 is 2. The molecule has 3 rings (SSSR count). The van der Waals surface area contributed by atoms with Crippen LogP contribution in [-0.2, 0) is 9.53 Å². The van der Waals surface area contributed by atoms with E-state index in [4.69, 9.17) is 14.5 Å². The molecule has 1 aromatic heterocycles. The Morgan fingerprint density at radius 1 is 1.19 bits per heavy atom. The van der Waals surface area contributed by atoms with Crippen LogP contribution >= 0.6 is 11.8 Å². The molecule has 27 heavy (non-hydrogen) atoms. The van der Waals surface area contributed by atoms with Crippen molar-refractivity contribution in [2.45, 2.75) is 18.1 Å². The van der Waals surface area contributed by atoms with E-state index in [1.165, 1.54) is 11.8 Å². The molecule has 0 unspecified atom stereocenters. The van der Waals surface area contributed by atoms with Crippen molar-refractivity contribution in [3.63, 3.8) is 0 Å². The van der Waals surface area contributed by atoms with Crippen LogP contribution in [0.15, 0.2) is 53.7 Å². The summed E-state index contributed by atoms with van der Waals surface area (Å²) in [6, 6.07) is 15.7. The summed E-state index contributed by atoms with van der Waals surface area (Å²) in [5.74, 6) is 1.04. The number of aromatic nitrogens is 2. The Balaban J connectivity index is 1.85. The van der Waals surface area contributed by atoms with Gasteiger partial charge in [0.05, 0.1) is 30.5 Å². The Hall–Kier alpha value is -2.51. The second kappa shape index (κ2) is 8.92. The Labute approximate surface area is 162 Å². The number of thioether (sulfide) groups is 1. The van der Waals surface area contributed by atoms with E-state index < -0.39 is 0 Å². The molecule has 6 nitrogen and oxygen atoms in total. The predicted octanol–water partition coefficient (Wildman–Crippen LogP) is 3.28. The molecule has 1 heterocycles. The van der Waals surface area contributed by atoms with Crippen LogP contribution in [-0.4, -0.2) is 48.1 Å². The first-order chi connectivity index (χ1) is 13.1. The zero-order chi connectivity index (χ0) is 19.2. The third-order valence-corrected chi connectivity index (χ3v) is 4.96. The molecule has 0 saturated carbocycles. The highest BCUT2D eigenvalue weighted by Crippen LogP contribution is 2.28. The summed E-state index contributed by atoms with van der Waals surface area (Å²) < 4.78 is 12.4. The molecule has 0 saturated heterocycles. The third-order valence-electron chi connectivity index (χ3n) is 4.02. The molecule has 0 aliphatic heterocycles. The Morgan fingerprint density at radius 3 is 2.63 bits per heavy atom. The fraction of sp³-hybridized carbons (Fsp3) is 0.300. The number of amides is 1. The van der Waals surface area contributed by atoms with Gasteiger partial charge in [-0.1, -0.05) is 23.9 Å². The molecule has 1 atom stereocenters. The molecule has 142 valence electrons. The van der Waals surface area contributed by atoms with Gasteiger partial charge in [-0.3, -0.25) is 9.36 Å². The van der Waals surface area contributed by atoms with Gasteiger partial charge in [-0.25, -0.2) is 4.98 Å². The Morgan fingerprint density at radius 2 is 1.93 bits per heavy atom. The van der Waals surface area contributed by atoms with E-state index in [0.717, 1.165) is 27.6 Å². The summed E-state index contributed by atoms with van der Waals surface area (Å²) >= 11 is 1.41. The van der Waals surface area contributed by atoms with E-state index in [0.29, 0.717) is 6.61 Å². The number of fused-ring (bicyclic) bond motifs is 1. The fourth-order valence-corrected chi connectivity index (χ4v) is 3.66. The molecule has 0 fully saturated rings. The lowest BCUT2D eigenvalue weighted by Gasteiger charge is -2.13. The predicted molar refractivity (Wildman–Crippen MR) is 108 cm³/mol. The number of rotatable bonds is 8. The molecule has 2 aromatic carbocycles. The Kier molecular flexibility index (Phi) is 6.36. The molecule has 1 N–H and O–H groups in total. The van der Waals surface area contributed by atoms with Crippen molar-refractivity contribution in [2.24, 2.45) is 0 Å². The van der Waals surface area contributed by atoms with E-state index in [1.807, 2.05) is 55.5 Å². The van der Waals surface area contributed by atoms with Crippen LogP contribution < -0.4 is 10.1 Å². The van der Waals surface area contributed by atoms with Crippen molar-refractivity contribution in [1.29, 1.82) is 0 Å². The number of imidazole rings is 1. The third kappa shape index (κ3) is 4.61. The summed E-state index contributed by atoms with van der Waals surface area (Å²) in [4.78, 5) is 16.9. The summed E-state index contributed by atoms with van der Waals surface area (Å²) in [7, 11) is 3.26. The van der Waals surface area contributed by atoms with Crippen molar-refractivity contribution in [2.75, 3.05) is 26.6 Å². The minimum absolute atomic E-state index is 0.0245. The van der Waals surface area contributed by atoms with Gasteiger partial charge in [-0.15, -0.1) is 0 Å². The van der Waals surface area contributed by atoms with Crippen LogP contribution in [0.5, 0.6) is 5.75 Å². The SMILES string of the molecule is COC[C@@H](C)NC(=O)CSc1nc2ccccc2n1-c1ccc(OC)cc1. The topological polar surface area (TPSA) is 65.4 Å². The van der Waals surface area contributed by atoms with Crippen LogP contribution in [0.3, 0.4) is 0 Å². The molecule has 1 amide bonds. The summed E-state index contributed by atoms with van der Waals surface area (Å²) in [6.45, 7) is 2.40. The zero-order valence-electron chi connectivity index (χ0n) is 15.6. The molecule has 0 bridgehead atoms. The maximum atomic E-state index is 12.2. The van der Waals surface area contributed by atoms with Crippen LogP contribution in [0.4, 0.5) is 0 Å². The summed E-state index contributed by atoms with van der Waals surface area (Å²) in [5, 5.41) is 3.69. The van der Waals surface area contributed by atoms with Crippen LogP contribution in [0.25, 0.3) is 16.7 Å². The van der Waals surface area contributed by atoms with Crippen molar-refractivity contribution in [3.8, 4) is 11.4 Å². The van der Waals surface area contributed by atoms with Gasteiger partial charge >= 0.3 is 0 Å². The molecular weight excluding hydrogens is 362 g/mol. The van der Waals surface area contributed by atoms with Crippen LogP contribution in [0.2, 0.25) is 0 Å². The number of ether oxygens (including phenoxy) is 2. The minimum Gasteiger partial charge on any atom is -0.497 e. The second-order valence-electron chi connectivity index (χ2n) is 6.13. The molecular formula is C20H23N3O3S. The highest BCUT2D eigenvalue weighted by Gasteiger charge is 2.15. The van der Waals surface area contributed by atoms with Crippen LogP contribution in [0, 0.1) is 0 Å². The normalized spacial score (nSPS) is 12.1. The average Bonchev–Trinajstić information content (AvgIpc) is 3.05. The first-order valence-corrected chi connectivity index (χ1v) is 9.64. The Bertz CT molecular complexity index is 908. The van der Waals surface area contributed by atoms with E-state index in [-0.39, 0.29) is 17.7 Å². The number of para-hydroxylation sites is 2. The largest absolute Gasteiger partial charge is 0.497 e. The average molecular weight is 385 g/mol. The zero-order valence-corrected chi connectivity index (χ0v) is 16.5. The lowest BCUT2D eigenvalue weighted by Crippen LogP contribution is -2.36. The van der Waals surface area contributed by atoms with E-state index in [9.17, 15) is 4.79 Å². The smallest absolute Gasteiger partial charge is 0.230 e. The van der Waals surface area contributed by atoms with Crippen molar-refractivity contribution in [1.82, 2.24) is 14.9 Å². The van der Waals surface area contributed by atoms with Gasteiger partial charge in [-0.05, 0) is 43.3 Å². The monoisotopic (exact) mass is 385 g/mol. The van der Waals surface area contributed by atoms with Gasteiger partial charge in [0.2, 0.25) is 5.91 Å². The van der Waals surface area contributed by atoms with Gasteiger partial charge in [0.1, 0.15) is 5.75 Å². The van der Waals surface area contributed by atoms with E-state index in [1.54, 1.807) is 14.2 Å². The summed E-state index contributed by atoms with van der Waals surface area (Å²) in [5.41, 5.74) is 2.86. The second-order valence-corrected chi connectivity index (χ2v) is 7.07. The maximum Gasteiger partial charge on any atom is 0.230 e. The number of nitrogens with zero attached hydrogens (tertiary/aromatic N) is 2. The van der Waals surface area contributed by atoms with Crippen molar-refractivity contribution < 1.29 is 14.3 Å². The molecule has 0 aliphatic carbocycles. The standard InChI is InChI=1S/C20H23N3O3S/c1-14(12-25-2)21-19(24)13-27-20-22-17-6-4-5-7-18(17)23(20)15-8-10-16(26-3)11-9-15/h4-11,14H,12-13H2,1-3H3,(H,21,24)/t14-/m1/s1. The number of carbonyl (C=O) groups excluding carboxylic acids is 1. The van der Waals surface area contributed by atoms with E-state index >= 15 is 0 Å². The van der Waals surface area contributed by atoms with E-state index in [2.05, 4.69) is 9.88 Å². The number of hydrogen-bond donors (Lipinski definition) is 1. The van der Waals surface area contributed by atoms with Crippen LogP contribution in [0.1, 0.15) is 6.92 Å². The quantitative estimate of drug-likeness (QED) is 0.603. The summed E-state index contributed by atoms with van der Waals surface area (Å²) in [6.07, 6.45) is 0. The first-order valence-electron chi connectivity index (χ1n) is 8.65. The molecule has 0 aliphatic rings. The maximum absolute atomic E-state index is 12.2. The number of carbonyl (C=O) groups is 1.